The highest BCUT2D eigenvalue weighted by Gasteiger charge is 2.18. The summed E-state index contributed by atoms with van der Waals surface area (Å²) in [4.78, 5) is 6.94. The fourth-order valence-electron chi connectivity index (χ4n) is 2.22. The molecule has 1 aliphatic heterocycles. The molecule has 1 aliphatic rings. The van der Waals surface area contributed by atoms with Crippen molar-refractivity contribution in [3.63, 3.8) is 0 Å². The number of benzene rings is 1. The second-order valence-electron chi connectivity index (χ2n) is 4.75. The standard InChI is InChI=1S/C14H17N3OS/c1-11-10-17(8-5-9-18-11)14-15-13(16-19-14)12-6-3-2-4-7-12/h2-4,6-7,11H,5,8-10H2,1H3. The number of nitrogens with zero attached hydrogens (tertiary/aromatic N) is 3. The lowest BCUT2D eigenvalue weighted by Gasteiger charge is -2.20. The van der Waals surface area contributed by atoms with Crippen molar-refractivity contribution in [2.24, 2.45) is 0 Å². The summed E-state index contributed by atoms with van der Waals surface area (Å²) in [6.07, 6.45) is 1.30. The fourth-order valence-corrected chi connectivity index (χ4v) is 2.94. The molecule has 1 fully saturated rings. The minimum absolute atomic E-state index is 0.256. The molecule has 1 unspecified atom stereocenters. The highest BCUT2D eigenvalue weighted by atomic mass is 32.1. The van der Waals surface area contributed by atoms with Crippen LogP contribution in [0.25, 0.3) is 11.4 Å². The minimum Gasteiger partial charge on any atom is -0.377 e. The minimum atomic E-state index is 0.256. The number of hydrogen-bond acceptors (Lipinski definition) is 5. The second-order valence-corrected chi connectivity index (χ2v) is 5.48. The van der Waals surface area contributed by atoms with Crippen LogP contribution in [-0.2, 0) is 4.74 Å². The predicted molar refractivity (Wildman–Crippen MR) is 77.6 cm³/mol. The summed E-state index contributed by atoms with van der Waals surface area (Å²) in [5, 5.41) is 0.996. The third-order valence-corrected chi connectivity index (χ3v) is 3.95. The van der Waals surface area contributed by atoms with Crippen molar-refractivity contribution < 1.29 is 4.74 Å². The summed E-state index contributed by atoms with van der Waals surface area (Å²) in [5.74, 6) is 0.818. The normalized spacial score (nSPS) is 20.3. The molecule has 0 spiro atoms. The number of aromatic nitrogens is 2. The van der Waals surface area contributed by atoms with E-state index in [9.17, 15) is 0 Å². The van der Waals surface area contributed by atoms with Crippen molar-refractivity contribution in [2.45, 2.75) is 19.4 Å². The Balaban J connectivity index is 1.81. The summed E-state index contributed by atoms with van der Waals surface area (Å²) in [7, 11) is 0. The van der Waals surface area contributed by atoms with E-state index in [0.717, 1.165) is 42.6 Å². The Hall–Kier alpha value is -1.46. The molecule has 3 rings (SSSR count). The average molecular weight is 275 g/mol. The van der Waals surface area contributed by atoms with Gasteiger partial charge in [-0.05, 0) is 13.3 Å². The average Bonchev–Trinajstić information content (AvgIpc) is 2.83. The van der Waals surface area contributed by atoms with E-state index in [2.05, 4.69) is 21.2 Å². The van der Waals surface area contributed by atoms with E-state index in [1.807, 2.05) is 30.3 Å². The molecule has 19 heavy (non-hydrogen) atoms. The van der Waals surface area contributed by atoms with Crippen LogP contribution >= 0.6 is 11.5 Å². The molecular formula is C14H17N3OS. The van der Waals surface area contributed by atoms with Crippen LogP contribution in [0.3, 0.4) is 0 Å². The maximum absolute atomic E-state index is 5.66. The third-order valence-electron chi connectivity index (χ3n) is 3.17. The molecule has 0 amide bonds. The van der Waals surface area contributed by atoms with Gasteiger partial charge in [-0.1, -0.05) is 30.3 Å². The van der Waals surface area contributed by atoms with Crippen LogP contribution in [0.5, 0.6) is 0 Å². The van der Waals surface area contributed by atoms with Gasteiger partial charge in [-0.15, -0.1) is 0 Å². The monoisotopic (exact) mass is 275 g/mol. The molecule has 0 aliphatic carbocycles. The maximum atomic E-state index is 5.66. The van der Waals surface area contributed by atoms with Crippen molar-refractivity contribution in [1.82, 2.24) is 9.36 Å². The quantitative estimate of drug-likeness (QED) is 0.844. The SMILES string of the molecule is CC1CN(c2nc(-c3ccccc3)ns2)CCCO1. The molecule has 1 aromatic carbocycles. The zero-order valence-corrected chi connectivity index (χ0v) is 11.8. The first-order valence-electron chi connectivity index (χ1n) is 6.58. The molecule has 100 valence electrons. The molecule has 5 heteroatoms. The molecule has 4 nitrogen and oxygen atoms in total. The van der Waals surface area contributed by atoms with E-state index < -0.39 is 0 Å². The lowest BCUT2D eigenvalue weighted by molar-refractivity contribution is 0.0821. The Morgan fingerprint density at radius 2 is 2.16 bits per heavy atom. The highest BCUT2D eigenvalue weighted by molar-refractivity contribution is 7.09. The van der Waals surface area contributed by atoms with E-state index in [-0.39, 0.29) is 6.10 Å². The van der Waals surface area contributed by atoms with Crippen molar-refractivity contribution in [3.8, 4) is 11.4 Å². The summed E-state index contributed by atoms with van der Waals surface area (Å²) in [5.41, 5.74) is 1.07. The van der Waals surface area contributed by atoms with Crippen LogP contribution in [0.4, 0.5) is 5.13 Å². The summed E-state index contributed by atoms with van der Waals surface area (Å²) in [6, 6.07) is 10.1. The Kier molecular flexibility index (Phi) is 3.75. The van der Waals surface area contributed by atoms with Gasteiger partial charge in [0.05, 0.1) is 6.10 Å². The van der Waals surface area contributed by atoms with Gasteiger partial charge in [-0.2, -0.15) is 9.36 Å². The number of rotatable bonds is 2. The number of anilines is 1. The van der Waals surface area contributed by atoms with Crippen LogP contribution < -0.4 is 4.90 Å². The Bertz CT molecular complexity index is 528. The Morgan fingerprint density at radius 3 is 3.00 bits per heavy atom. The van der Waals surface area contributed by atoms with Crippen LogP contribution in [0, 0.1) is 0 Å². The number of hydrogen-bond donors (Lipinski definition) is 0. The molecule has 1 atom stereocenters. The van der Waals surface area contributed by atoms with Gasteiger partial charge in [0.1, 0.15) is 0 Å². The van der Waals surface area contributed by atoms with Crippen LogP contribution in [0.15, 0.2) is 30.3 Å². The van der Waals surface area contributed by atoms with Gasteiger partial charge in [0.15, 0.2) is 5.82 Å². The zero-order chi connectivity index (χ0) is 13.1. The summed E-state index contributed by atoms with van der Waals surface area (Å²) < 4.78 is 10.1. The van der Waals surface area contributed by atoms with E-state index in [1.54, 1.807) is 0 Å². The van der Waals surface area contributed by atoms with Gasteiger partial charge in [0, 0.05) is 36.8 Å². The Morgan fingerprint density at radius 1 is 1.32 bits per heavy atom. The summed E-state index contributed by atoms with van der Waals surface area (Å²) >= 11 is 1.47. The molecule has 0 bridgehead atoms. The Labute approximate surface area is 117 Å². The van der Waals surface area contributed by atoms with E-state index in [4.69, 9.17) is 4.74 Å². The van der Waals surface area contributed by atoms with Crippen molar-refractivity contribution in [2.75, 3.05) is 24.6 Å². The first-order valence-corrected chi connectivity index (χ1v) is 7.36. The molecule has 2 aromatic rings. The molecule has 1 aromatic heterocycles. The first kappa shape index (κ1) is 12.6. The second kappa shape index (κ2) is 5.67. The topological polar surface area (TPSA) is 38.2 Å². The smallest absolute Gasteiger partial charge is 0.205 e. The van der Waals surface area contributed by atoms with Crippen molar-refractivity contribution >= 4 is 16.7 Å². The van der Waals surface area contributed by atoms with Crippen molar-refractivity contribution in [3.05, 3.63) is 30.3 Å². The summed E-state index contributed by atoms with van der Waals surface area (Å²) in [6.45, 7) is 4.83. The highest BCUT2D eigenvalue weighted by Crippen LogP contribution is 2.25. The molecule has 0 radical (unpaired) electrons. The van der Waals surface area contributed by atoms with Crippen LogP contribution in [-0.4, -0.2) is 35.2 Å². The maximum Gasteiger partial charge on any atom is 0.205 e. The van der Waals surface area contributed by atoms with E-state index >= 15 is 0 Å². The van der Waals surface area contributed by atoms with Gasteiger partial charge in [0.2, 0.25) is 5.13 Å². The van der Waals surface area contributed by atoms with Gasteiger partial charge >= 0.3 is 0 Å². The third kappa shape index (κ3) is 2.93. The predicted octanol–water partition coefficient (Wildman–Crippen LogP) is 2.82. The lowest BCUT2D eigenvalue weighted by atomic mass is 10.2. The fraction of sp³-hybridized carbons (Fsp3) is 0.429. The van der Waals surface area contributed by atoms with Gasteiger partial charge in [-0.3, -0.25) is 0 Å². The van der Waals surface area contributed by atoms with Gasteiger partial charge in [0.25, 0.3) is 0 Å². The van der Waals surface area contributed by atoms with E-state index in [0.29, 0.717) is 0 Å². The van der Waals surface area contributed by atoms with Crippen LogP contribution in [0.1, 0.15) is 13.3 Å². The molecular weight excluding hydrogens is 258 g/mol. The first-order chi connectivity index (χ1) is 9.33. The van der Waals surface area contributed by atoms with Gasteiger partial charge in [-0.25, -0.2) is 0 Å². The molecule has 0 N–H and O–H groups in total. The number of ether oxygens (including phenoxy) is 1. The molecule has 1 saturated heterocycles. The zero-order valence-electron chi connectivity index (χ0n) is 11.0. The van der Waals surface area contributed by atoms with E-state index in [1.165, 1.54) is 11.5 Å². The van der Waals surface area contributed by atoms with Gasteiger partial charge < -0.3 is 9.64 Å². The van der Waals surface area contributed by atoms with Crippen LogP contribution in [0.2, 0.25) is 0 Å². The van der Waals surface area contributed by atoms with Crippen molar-refractivity contribution in [1.29, 1.82) is 0 Å². The molecule has 0 saturated carbocycles. The molecule has 2 heterocycles. The lowest BCUT2D eigenvalue weighted by Crippen LogP contribution is -2.29. The largest absolute Gasteiger partial charge is 0.377 e.